The topological polar surface area (TPSA) is 58.3 Å². The molecule has 2 aromatic heterocycles. The van der Waals surface area contributed by atoms with Gasteiger partial charge in [0.25, 0.3) is 6.01 Å². The van der Waals surface area contributed by atoms with Crippen molar-refractivity contribution in [2.45, 2.75) is 6.92 Å². The van der Waals surface area contributed by atoms with Gasteiger partial charge in [0, 0.05) is 37.9 Å². The Labute approximate surface area is 128 Å². The smallest absolute Gasteiger partial charge is 0.298 e. The first-order valence-corrected chi connectivity index (χ1v) is 7.44. The van der Waals surface area contributed by atoms with Gasteiger partial charge in [-0.1, -0.05) is 12.1 Å². The standard InChI is InChI=1S/C16H17N5O/c1-12-10-15(18-11-17-12)20-6-8-21(9-7-20)16-19-13-4-2-3-5-14(13)22-16/h2-5,10-11H,6-9H2,1H3. The molecular formula is C16H17N5O. The molecule has 0 saturated carbocycles. The second-order valence-corrected chi connectivity index (χ2v) is 5.46. The Kier molecular flexibility index (Phi) is 3.14. The van der Waals surface area contributed by atoms with Gasteiger partial charge in [-0.2, -0.15) is 4.98 Å². The zero-order valence-corrected chi connectivity index (χ0v) is 12.4. The van der Waals surface area contributed by atoms with Crippen molar-refractivity contribution in [3.63, 3.8) is 0 Å². The summed E-state index contributed by atoms with van der Waals surface area (Å²) in [4.78, 5) is 17.5. The third kappa shape index (κ3) is 2.36. The van der Waals surface area contributed by atoms with Gasteiger partial charge in [0.1, 0.15) is 17.7 Å². The van der Waals surface area contributed by atoms with E-state index < -0.39 is 0 Å². The Hall–Kier alpha value is -2.63. The van der Waals surface area contributed by atoms with Crippen molar-refractivity contribution in [3.05, 3.63) is 42.4 Å². The minimum absolute atomic E-state index is 0.708. The van der Waals surface area contributed by atoms with Crippen LogP contribution in [0.15, 0.2) is 41.1 Å². The van der Waals surface area contributed by atoms with Crippen molar-refractivity contribution in [2.24, 2.45) is 0 Å². The molecule has 1 aliphatic rings. The first kappa shape index (κ1) is 13.1. The molecule has 112 valence electrons. The number of piperazine rings is 1. The van der Waals surface area contributed by atoms with E-state index in [1.165, 1.54) is 0 Å². The molecule has 6 nitrogen and oxygen atoms in total. The summed E-state index contributed by atoms with van der Waals surface area (Å²) in [6.07, 6.45) is 1.62. The molecule has 22 heavy (non-hydrogen) atoms. The summed E-state index contributed by atoms with van der Waals surface area (Å²) in [7, 11) is 0. The van der Waals surface area contributed by atoms with E-state index in [4.69, 9.17) is 4.42 Å². The summed E-state index contributed by atoms with van der Waals surface area (Å²) in [6, 6.07) is 10.6. The van der Waals surface area contributed by atoms with E-state index in [-0.39, 0.29) is 0 Å². The van der Waals surface area contributed by atoms with E-state index in [2.05, 4.69) is 24.8 Å². The second-order valence-electron chi connectivity index (χ2n) is 5.46. The monoisotopic (exact) mass is 295 g/mol. The number of hydrogen-bond acceptors (Lipinski definition) is 6. The zero-order valence-electron chi connectivity index (χ0n) is 12.4. The summed E-state index contributed by atoms with van der Waals surface area (Å²) in [5.74, 6) is 0.990. The van der Waals surface area contributed by atoms with E-state index in [0.717, 1.165) is 48.8 Å². The number of hydrogen-bond donors (Lipinski definition) is 0. The van der Waals surface area contributed by atoms with Gasteiger partial charge < -0.3 is 14.2 Å². The Morgan fingerprint density at radius 3 is 2.55 bits per heavy atom. The zero-order chi connectivity index (χ0) is 14.9. The van der Waals surface area contributed by atoms with E-state index in [1.807, 2.05) is 37.3 Å². The Bertz CT molecular complexity index is 759. The van der Waals surface area contributed by atoms with Crippen molar-refractivity contribution >= 4 is 22.9 Å². The van der Waals surface area contributed by atoms with Crippen LogP contribution in [0.25, 0.3) is 11.1 Å². The normalized spacial score (nSPS) is 15.5. The molecule has 0 spiro atoms. The summed E-state index contributed by atoms with van der Waals surface area (Å²) in [5, 5.41) is 0. The molecule has 1 aliphatic heterocycles. The molecule has 3 aromatic rings. The lowest BCUT2D eigenvalue weighted by atomic mass is 10.3. The number of para-hydroxylation sites is 2. The molecule has 1 fully saturated rings. The lowest BCUT2D eigenvalue weighted by Crippen LogP contribution is -2.47. The van der Waals surface area contributed by atoms with Crippen LogP contribution in [-0.4, -0.2) is 41.1 Å². The van der Waals surface area contributed by atoms with E-state index in [0.29, 0.717) is 6.01 Å². The quantitative estimate of drug-likeness (QED) is 0.723. The molecule has 3 heterocycles. The second kappa shape index (κ2) is 5.29. The minimum Gasteiger partial charge on any atom is -0.423 e. The summed E-state index contributed by atoms with van der Waals surface area (Å²) >= 11 is 0. The van der Waals surface area contributed by atoms with Crippen LogP contribution in [0.2, 0.25) is 0 Å². The number of oxazole rings is 1. The fourth-order valence-electron chi connectivity index (χ4n) is 2.74. The predicted octanol–water partition coefficient (Wildman–Crippen LogP) is 2.25. The van der Waals surface area contributed by atoms with Gasteiger partial charge in [-0.15, -0.1) is 0 Å². The molecule has 4 rings (SSSR count). The largest absolute Gasteiger partial charge is 0.423 e. The molecule has 0 N–H and O–H groups in total. The molecule has 6 heteroatoms. The number of rotatable bonds is 2. The molecule has 0 amide bonds. The molecular weight excluding hydrogens is 278 g/mol. The summed E-state index contributed by atoms with van der Waals surface area (Å²) < 4.78 is 5.84. The van der Waals surface area contributed by atoms with Gasteiger partial charge in [0.05, 0.1) is 0 Å². The van der Waals surface area contributed by atoms with Crippen LogP contribution in [-0.2, 0) is 0 Å². The Morgan fingerprint density at radius 2 is 1.77 bits per heavy atom. The van der Waals surface area contributed by atoms with Crippen LogP contribution >= 0.6 is 0 Å². The maximum Gasteiger partial charge on any atom is 0.298 e. The summed E-state index contributed by atoms with van der Waals surface area (Å²) in [5.41, 5.74) is 2.74. The highest BCUT2D eigenvalue weighted by atomic mass is 16.4. The average molecular weight is 295 g/mol. The van der Waals surface area contributed by atoms with Crippen molar-refractivity contribution in [2.75, 3.05) is 36.0 Å². The highest BCUT2D eigenvalue weighted by molar-refractivity contribution is 5.74. The number of aryl methyl sites for hydroxylation is 1. The number of aromatic nitrogens is 3. The third-order valence-electron chi connectivity index (χ3n) is 3.95. The molecule has 0 aliphatic carbocycles. The summed E-state index contributed by atoms with van der Waals surface area (Å²) in [6.45, 7) is 5.52. The Morgan fingerprint density at radius 1 is 1.00 bits per heavy atom. The molecule has 0 atom stereocenters. The minimum atomic E-state index is 0.708. The molecule has 0 radical (unpaired) electrons. The van der Waals surface area contributed by atoms with E-state index in [1.54, 1.807) is 6.33 Å². The number of anilines is 2. The lowest BCUT2D eigenvalue weighted by molar-refractivity contribution is 0.540. The van der Waals surface area contributed by atoms with Gasteiger partial charge in [-0.25, -0.2) is 9.97 Å². The fraction of sp³-hybridized carbons (Fsp3) is 0.312. The molecule has 1 saturated heterocycles. The van der Waals surface area contributed by atoms with Gasteiger partial charge >= 0.3 is 0 Å². The molecule has 0 unspecified atom stereocenters. The fourth-order valence-corrected chi connectivity index (χ4v) is 2.74. The number of benzene rings is 1. The molecule has 1 aromatic carbocycles. The SMILES string of the molecule is Cc1cc(N2CCN(c3nc4ccccc4o3)CC2)ncn1. The van der Waals surface area contributed by atoms with Crippen molar-refractivity contribution in [1.29, 1.82) is 0 Å². The first-order valence-electron chi connectivity index (χ1n) is 7.44. The highest BCUT2D eigenvalue weighted by Gasteiger charge is 2.21. The van der Waals surface area contributed by atoms with Crippen LogP contribution in [0.3, 0.4) is 0 Å². The van der Waals surface area contributed by atoms with Crippen LogP contribution < -0.4 is 9.80 Å². The van der Waals surface area contributed by atoms with Crippen LogP contribution in [0.1, 0.15) is 5.69 Å². The van der Waals surface area contributed by atoms with Gasteiger partial charge in [-0.3, -0.25) is 0 Å². The molecule has 0 bridgehead atoms. The van der Waals surface area contributed by atoms with Crippen molar-refractivity contribution < 1.29 is 4.42 Å². The van der Waals surface area contributed by atoms with Crippen molar-refractivity contribution in [3.8, 4) is 0 Å². The maximum atomic E-state index is 5.84. The predicted molar refractivity (Wildman–Crippen MR) is 85.2 cm³/mol. The van der Waals surface area contributed by atoms with Gasteiger partial charge in [0.2, 0.25) is 0 Å². The highest BCUT2D eigenvalue weighted by Crippen LogP contribution is 2.23. The number of fused-ring (bicyclic) bond motifs is 1. The average Bonchev–Trinajstić information content (AvgIpc) is 2.99. The maximum absolute atomic E-state index is 5.84. The number of nitrogens with zero attached hydrogens (tertiary/aromatic N) is 5. The lowest BCUT2D eigenvalue weighted by Gasteiger charge is -2.34. The van der Waals surface area contributed by atoms with Crippen molar-refractivity contribution in [1.82, 2.24) is 15.0 Å². The van der Waals surface area contributed by atoms with E-state index >= 15 is 0 Å². The van der Waals surface area contributed by atoms with Crippen LogP contribution in [0.4, 0.5) is 11.8 Å². The first-order chi connectivity index (χ1) is 10.8. The van der Waals surface area contributed by atoms with Crippen LogP contribution in [0, 0.1) is 6.92 Å². The Balaban J connectivity index is 1.49. The van der Waals surface area contributed by atoms with Gasteiger partial charge in [0.15, 0.2) is 5.58 Å². The van der Waals surface area contributed by atoms with E-state index in [9.17, 15) is 0 Å². The van der Waals surface area contributed by atoms with Gasteiger partial charge in [-0.05, 0) is 19.1 Å². The van der Waals surface area contributed by atoms with Crippen LogP contribution in [0.5, 0.6) is 0 Å². The third-order valence-corrected chi connectivity index (χ3v) is 3.95.